The molecule has 0 amide bonds. The number of aliphatic hydroxyl groups is 1. The molecule has 1 N–H and O–H groups in total. The van der Waals surface area contributed by atoms with Crippen LogP contribution in [0.5, 0.6) is 23.5 Å². The van der Waals surface area contributed by atoms with Gasteiger partial charge < -0.3 is 23.9 Å². The van der Waals surface area contributed by atoms with Gasteiger partial charge in [-0.05, 0) is 19.1 Å². The van der Waals surface area contributed by atoms with Crippen LogP contribution in [-0.2, 0) is 10.1 Å². The first-order chi connectivity index (χ1) is 11.2. The molecule has 0 aliphatic rings. The molecule has 0 spiro atoms. The molecule has 0 saturated carbocycles. The standard InChI is InChI=1S/C13H15N3O7S/c1-7-4-5-8(11(14-7)12(17)24(18,19)20)23-13-15-9(21-2)6-10(16-13)22-3/h4-6,12,17H,1-3H3,(H,18,19,20)/p-1. The van der Waals surface area contributed by atoms with Crippen LogP contribution < -0.4 is 14.2 Å². The molecule has 2 rings (SSSR count). The van der Waals surface area contributed by atoms with E-state index in [0.717, 1.165) is 0 Å². The number of aryl methyl sites for hydroxylation is 1. The predicted molar refractivity (Wildman–Crippen MR) is 78.8 cm³/mol. The number of hydrogen-bond donors (Lipinski definition) is 1. The van der Waals surface area contributed by atoms with Crippen molar-refractivity contribution in [2.75, 3.05) is 14.2 Å². The highest BCUT2D eigenvalue weighted by Crippen LogP contribution is 2.30. The fourth-order valence-corrected chi connectivity index (χ4v) is 2.14. The lowest BCUT2D eigenvalue weighted by molar-refractivity contribution is 0.226. The summed E-state index contributed by atoms with van der Waals surface area (Å²) in [6, 6.07) is 3.99. The second-order valence-electron chi connectivity index (χ2n) is 4.52. The van der Waals surface area contributed by atoms with E-state index in [9.17, 15) is 18.1 Å². The summed E-state index contributed by atoms with van der Waals surface area (Å²) in [4.78, 5) is 11.7. The molecule has 2 aromatic heterocycles. The van der Waals surface area contributed by atoms with Gasteiger partial charge in [-0.15, -0.1) is 0 Å². The van der Waals surface area contributed by atoms with Gasteiger partial charge in [0.15, 0.2) is 11.2 Å². The van der Waals surface area contributed by atoms with Gasteiger partial charge in [-0.25, -0.2) is 8.42 Å². The van der Waals surface area contributed by atoms with Gasteiger partial charge in [-0.3, -0.25) is 4.98 Å². The first-order valence-electron chi connectivity index (χ1n) is 6.50. The normalized spacial score (nSPS) is 12.5. The molecular weight excluding hydrogens is 342 g/mol. The minimum Gasteiger partial charge on any atom is -0.746 e. The van der Waals surface area contributed by atoms with E-state index >= 15 is 0 Å². The van der Waals surface area contributed by atoms with Crippen LogP contribution in [0.25, 0.3) is 0 Å². The highest BCUT2D eigenvalue weighted by molar-refractivity contribution is 7.85. The van der Waals surface area contributed by atoms with Gasteiger partial charge in [0.25, 0.3) is 0 Å². The third-order valence-electron chi connectivity index (χ3n) is 2.81. The largest absolute Gasteiger partial charge is 0.746 e. The van der Waals surface area contributed by atoms with E-state index in [4.69, 9.17) is 14.2 Å². The molecule has 1 unspecified atom stereocenters. The van der Waals surface area contributed by atoms with E-state index in [2.05, 4.69) is 15.0 Å². The Morgan fingerprint density at radius 1 is 1.12 bits per heavy atom. The van der Waals surface area contributed by atoms with Crippen molar-refractivity contribution in [1.82, 2.24) is 15.0 Å². The van der Waals surface area contributed by atoms with Crippen molar-refractivity contribution < 1.29 is 32.3 Å². The maximum Gasteiger partial charge on any atom is 0.328 e. The van der Waals surface area contributed by atoms with E-state index < -0.39 is 21.2 Å². The zero-order valence-electron chi connectivity index (χ0n) is 13.0. The Labute approximate surface area is 137 Å². The van der Waals surface area contributed by atoms with Crippen molar-refractivity contribution >= 4 is 10.1 Å². The monoisotopic (exact) mass is 356 g/mol. The SMILES string of the molecule is COc1cc(OC)nc(Oc2ccc(C)nc2C(O)S(=O)(=O)[O-])n1. The summed E-state index contributed by atoms with van der Waals surface area (Å²) in [7, 11) is -2.29. The number of aromatic nitrogens is 3. The molecule has 10 nitrogen and oxygen atoms in total. The zero-order valence-corrected chi connectivity index (χ0v) is 13.8. The molecule has 0 bridgehead atoms. The number of ether oxygens (including phenoxy) is 3. The molecule has 2 aromatic rings. The van der Waals surface area contributed by atoms with Crippen molar-refractivity contribution in [3.8, 4) is 23.5 Å². The summed E-state index contributed by atoms with van der Waals surface area (Å²) >= 11 is 0. The third-order valence-corrected chi connectivity index (χ3v) is 3.58. The Morgan fingerprint density at radius 3 is 2.21 bits per heavy atom. The molecule has 0 aromatic carbocycles. The van der Waals surface area contributed by atoms with E-state index in [1.807, 2.05) is 0 Å². The average Bonchev–Trinajstić information content (AvgIpc) is 2.54. The summed E-state index contributed by atoms with van der Waals surface area (Å²) in [6.45, 7) is 1.56. The van der Waals surface area contributed by atoms with Crippen molar-refractivity contribution in [3.63, 3.8) is 0 Å². The fraction of sp³-hybridized carbons (Fsp3) is 0.308. The van der Waals surface area contributed by atoms with Crippen LogP contribution in [0.4, 0.5) is 0 Å². The number of methoxy groups -OCH3 is 2. The van der Waals surface area contributed by atoms with Crippen LogP contribution in [-0.4, -0.2) is 47.2 Å². The first kappa shape index (κ1) is 17.8. The summed E-state index contributed by atoms with van der Waals surface area (Å²) in [6.07, 6.45) is 0. The second kappa shape index (κ2) is 6.95. The summed E-state index contributed by atoms with van der Waals surface area (Å²) in [5.74, 6) is 0.0776. The molecule has 0 aliphatic heterocycles. The van der Waals surface area contributed by atoms with Crippen LogP contribution in [0.3, 0.4) is 0 Å². The lowest BCUT2D eigenvalue weighted by Crippen LogP contribution is -2.15. The van der Waals surface area contributed by atoms with Crippen molar-refractivity contribution in [2.45, 2.75) is 12.4 Å². The van der Waals surface area contributed by atoms with E-state index in [1.54, 1.807) is 6.92 Å². The Morgan fingerprint density at radius 2 is 1.71 bits per heavy atom. The molecular formula is C13H14N3O7S-. The van der Waals surface area contributed by atoms with Gasteiger partial charge in [0.05, 0.1) is 20.3 Å². The van der Waals surface area contributed by atoms with Crippen LogP contribution >= 0.6 is 0 Å². The van der Waals surface area contributed by atoms with Crippen molar-refractivity contribution in [3.05, 3.63) is 29.6 Å². The van der Waals surface area contributed by atoms with E-state index in [0.29, 0.717) is 5.69 Å². The second-order valence-corrected chi connectivity index (χ2v) is 5.95. The topological polar surface area (TPSA) is 144 Å². The Bertz CT molecular complexity index is 819. The Kier molecular flexibility index (Phi) is 5.17. The third kappa shape index (κ3) is 4.07. The number of hydrogen-bond acceptors (Lipinski definition) is 10. The summed E-state index contributed by atoms with van der Waals surface area (Å²) in [5.41, 5.74) is -2.47. The van der Waals surface area contributed by atoms with Crippen LogP contribution in [0.1, 0.15) is 16.8 Å². The molecule has 130 valence electrons. The van der Waals surface area contributed by atoms with E-state index in [1.165, 1.54) is 32.4 Å². The Hall–Kier alpha value is -2.50. The molecule has 24 heavy (non-hydrogen) atoms. The number of pyridine rings is 1. The van der Waals surface area contributed by atoms with Gasteiger partial charge in [0.2, 0.25) is 11.8 Å². The zero-order chi connectivity index (χ0) is 17.9. The van der Waals surface area contributed by atoms with Gasteiger partial charge in [-0.1, -0.05) is 0 Å². The smallest absolute Gasteiger partial charge is 0.328 e. The highest BCUT2D eigenvalue weighted by atomic mass is 32.2. The molecule has 0 aliphatic carbocycles. The number of aliphatic hydroxyl groups excluding tert-OH is 1. The minimum atomic E-state index is -5.04. The first-order valence-corrected chi connectivity index (χ1v) is 7.97. The summed E-state index contributed by atoms with van der Waals surface area (Å²) in [5, 5.41) is 9.71. The summed E-state index contributed by atoms with van der Waals surface area (Å²) < 4.78 is 48.5. The molecule has 1 atom stereocenters. The van der Waals surface area contributed by atoms with Crippen molar-refractivity contribution in [2.24, 2.45) is 0 Å². The predicted octanol–water partition coefficient (Wildman–Crippen LogP) is 0.526. The van der Waals surface area contributed by atoms with Crippen LogP contribution in [0.2, 0.25) is 0 Å². The van der Waals surface area contributed by atoms with Crippen LogP contribution in [0.15, 0.2) is 18.2 Å². The molecule has 11 heteroatoms. The molecule has 2 heterocycles. The average molecular weight is 356 g/mol. The molecule has 0 saturated heterocycles. The maximum atomic E-state index is 11.1. The lowest BCUT2D eigenvalue weighted by Gasteiger charge is -2.17. The van der Waals surface area contributed by atoms with Crippen molar-refractivity contribution in [1.29, 1.82) is 0 Å². The quantitative estimate of drug-likeness (QED) is 0.727. The van der Waals surface area contributed by atoms with E-state index in [-0.39, 0.29) is 23.5 Å². The number of nitrogens with zero attached hydrogens (tertiary/aromatic N) is 3. The fourth-order valence-electron chi connectivity index (χ4n) is 1.70. The lowest BCUT2D eigenvalue weighted by atomic mass is 10.3. The maximum absolute atomic E-state index is 11.1. The van der Waals surface area contributed by atoms with Gasteiger partial charge >= 0.3 is 6.01 Å². The molecule has 0 radical (unpaired) electrons. The van der Waals surface area contributed by atoms with Gasteiger partial charge in [0.1, 0.15) is 15.8 Å². The van der Waals surface area contributed by atoms with Gasteiger partial charge in [-0.2, -0.15) is 9.97 Å². The molecule has 0 fully saturated rings. The Balaban J connectivity index is 2.47. The minimum absolute atomic E-state index is 0.135. The van der Waals surface area contributed by atoms with Gasteiger partial charge in [0, 0.05) is 5.69 Å². The number of rotatable bonds is 6. The van der Waals surface area contributed by atoms with Crippen LogP contribution in [0, 0.1) is 6.92 Å². The highest BCUT2D eigenvalue weighted by Gasteiger charge is 2.23.